The maximum absolute atomic E-state index is 11.1. The number of rotatable bonds is 1. The van der Waals surface area contributed by atoms with Crippen LogP contribution in [0.4, 0.5) is 0 Å². The van der Waals surface area contributed by atoms with E-state index in [1.54, 1.807) is 0 Å². The van der Waals surface area contributed by atoms with Gasteiger partial charge in [0.25, 0.3) is 0 Å². The number of nitrogens with one attached hydrogen (secondary N) is 1. The summed E-state index contributed by atoms with van der Waals surface area (Å²) < 4.78 is 0. The third-order valence-corrected chi connectivity index (χ3v) is 2.87. The Morgan fingerprint density at radius 2 is 2.15 bits per heavy atom. The van der Waals surface area contributed by atoms with Crippen molar-refractivity contribution < 1.29 is 14.7 Å². The molecule has 3 atom stereocenters. The lowest BCUT2D eigenvalue weighted by Crippen LogP contribution is -2.55. The van der Waals surface area contributed by atoms with Crippen LogP contribution in [-0.4, -0.2) is 23.0 Å². The summed E-state index contributed by atoms with van der Waals surface area (Å²) in [6.45, 7) is 0. The number of carbonyl (C=O) groups is 2. The Labute approximate surface area is 82.1 Å². The van der Waals surface area contributed by atoms with Crippen molar-refractivity contribution in [3.05, 3.63) is 0 Å². The number of amides is 1. The highest BCUT2D eigenvalue weighted by molar-refractivity contribution is 5.85. The van der Waals surface area contributed by atoms with Gasteiger partial charge in [-0.15, -0.1) is 12.4 Å². The van der Waals surface area contributed by atoms with Crippen LogP contribution in [0.1, 0.15) is 19.3 Å². The van der Waals surface area contributed by atoms with E-state index >= 15 is 0 Å². The third-order valence-electron chi connectivity index (χ3n) is 2.87. The molecule has 0 spiro atoms. The maximum Gasteiger partial charge on any atom is 0.308 e. The fourth-order valence-electron chi connectivity index (χ4n) is 2.15. The molecule has 2 heterocycles. The Balaban J connectivity index is 0.000000845. The lowest BCUT2D eigenvalue weighted by molar-refractivity contribution is -0.149. The second-order valence-electron chi connectivity index (χ2n) is 3.57. The standard InChI is InChI=1S/C8H11NO3.ClH/c10-7-4-1-2-6(9-7)5(3-4)8(11)12;/h4-6H,1-3H2,(H,9,10)(H,11,12);1H. The summed E-state index contributed by atoms with van der Waals surface area (Å²) in [6.07, 6.45) is 2.22. The first-order valence-electron chi connectivity index (χ1n) is 4.21. The van der Waals surface area contributed by atoms with E-state index in [1.165, 1.54) is 0 Å². The van der Waals surface area contributed by atoms with E-state index < -0.39 is 5.97 Å². The molecular weight excluding hydrogens is 194 g/mol. The van der Waals surface area contributed by atoms with Gasteiger partial charge in [0.2, 0.25) is 5.91 Å². The van der Waals surface area contributed by atoms with Crippen LogP contribution in [0, 0.1) is 11.8 Å². The number of fused-ring (bicyclic) bond motifs is 3. The van der Waals surface area contributed by atoms with Gasteiger partial charge >= 0.3 is 5.97 Å². The first-order valence-corrected chi connectivity index (χ1v) is 4.21. The molecule has 2 saturated heterocycles. The first-order chi connectivity index (χ1) is 5.68. The summed E-state index contributed by atoms with van der Waals surface area (Å²) >= 11 is 0. The number of hydrogen-bond donors (Lipinski definition) is 2. The van der Waals surface area contributed by atoms with Crippen molar-refractivity contribution in [3.8, 4) is 0 Å². The Bertz CT molecular complexity index is 244. The van der Waals surface area contributed by atoms with Crippen LogP contribution in [0.15, 0.2) is 0 Å². The SMILES string of the molecule is Cl.O=C1NC2CCC1CC2C(=O)O. The van der Waals surface area contributed by atoms with Crippen molar-refractivity contribution >= 4 is 24.3 Å². The number of piperidine rings is 2. The molecule has 3 unspecified atom stereocenters. The Morgan fingerprint density at radius 1 is 1.46 bits per heavy atom. The summed E-state index contributed by atoms with van der Waals surface area (Å²) in [5, 5.41) is 11.5. The molecular formula is C8H12ClNO3. The van der Waals surface area contributed by atoms with E-state index in [4.69, 9.17) is 5.11 Å². The summed E-state index contributed by atoms with van der Waals surface area (Å²) in [6, 6.07) is -0.111. The minimum absolute atomic E-state index is 0. The number of aliphatic carboxylic acids is 1. The highest BCUT2D eigenvalue weighted by atomic mass is 35.5. The molecule has 0 aromatic rings. The van der Waals surface area contributed by atoms with Gasteiger partial charge in [0.15, 0.2) is 0 Å². The molecule has 5 heteroatoms. The molecule has 3 rings (SSSR count). The number of halogens is 1. The van der Waals surface area contributed by atoms with E-state index in [9.17, 15) is 9.59 Å². The van der Waals surface area contributed by atoms with Gasteiger partial charge in [0.05, 0.1) is 5.92 Å². The van der Waals surface area contributed by atoms with Crippen molar-refractivity contribution in [1.82, 2.24) is 5.32 Å². The van der Waals surface area contributed by atoms with Crippen molar-refractivity contribution in [2.24, 2.45) is 11.8 Å². The number of hydrogen-bond acceptors (Lipinski definition) is 2. The number of carbonyl (C=O) groups excluding carboxylic acids is 1. The zero-order chi connectivity index (χ0) is 8.72. The van der Waals surface area contributed by atoms with Gasteiger partial charge in [0, 0.05) is 12.0 Å². The minimum Gasteiger partial charge on any atom is -0.481 e. The quantitative estimate of drug-likeness (QED) is 0.652. The average molecular weight is 206 g/mol. The van der Waals surface area contributed by atoms with E-state index in [-0.39, 0.29) is 36.2 Å². The predicted octanol–water partition coefficient (Wildman–Crippen LogP) is 0.407. The van der Waals surface area contributed by atoms with E-state index in [1.807, 2.05) is 0 Å². The molecule has 2 bridgehead atoms. The Morgan fingerprint density at radius 3 is 2.54 bits per heavy atom. The van der Waals surface area contributed by atoms with Crippen molar-refractivity contribution in [1.29, 1.82) is 0 Å². The highest BCUT2D eigenvalue weighted by Crippen LogP contribution is 2.34. The van der Waals surface area contributed by atoms with E-state index in [2.05, 4.69) is 5.32 Å². The third kappa shape index (κ3) is 1.63. The molecule has 13 heavy (non-hydrogen) atoms. The highest BCUT2D eigenvalue weighted by Gasteiger charge is 2.43. The first kappa shape index (κ1) is 10.3. The summed E-state index contributed by atoms with van der Waals surface area (Å²) in [4.78, 5) is 21.8. The zero-order valence-corrected chi connectivity index (χ0v) is 7.84. The molecule has 3 fully saturated rings. The largest absolute Gasteiger partial charge is 0.481 e. The Kier molecular flexibility index (Phi) is 2.81. The predicted molar refractivity (Wildman–Crippen MR) is 47.6 cm³/mol. The molecule has 1 amide bonds. The van der Waals surface area contributed by atoms with Crippen LogP contribution in [0.5, 0.6) is 0 Å². The smallest absolute Gasteiger partial charge is 0.308 e. The van der Waals surface area contributed by atoms with Gasteiger partial charge in [-0.1, -0.05) is 0 Å². The minimum atomic E-state index is -0.773. The van der Waals surface area contributed by atoms with Crippen molar-refractivity contribution in [2.45, 2.75) is 25.3 Å². The summed E-state index contributed by atoms with van der Waals surface area (Å²) in [7, 11) is 0. The van der Waals surface area contributed by atoms with Crippen molar-refractivity contribution in [3.63, 3.8) is 0 Å². The number of carboxylic acids is 1. The second-order valence-corrected chi connectivity index (χ2v) is 3.57. The van der Waals surface area contributed by atoms with Crippen LogP contribution < -0.4 is 5.32 Å². The average Bonchev–Trinajstić information content (AvgIpc) is 2.04. The molecule has 4 nitrogen and oxygen atoms in total. The monoisotopic (exact) mass is 205 g/mol. The van der Waals surface area contributed by atoms with Gasteiger partial charge in [-0.2, -0.15) is 0 Å². The van der Waals surface area contributed by atoms with Crippen LogP contribution in [0.2, 0.25) is 0 Å². The lowest BCUT2D eigenvalue weighted by Gasteiger charge is -2.40. The second kappa shape index (κ2) is 3.54. The molecule has 2 N–H and O–H groups in total. The fourth-order valence-corrected chi connectivity index (χ4v) is 2.15. The number of carboxylic acid groups (broad SMARTS) is 1. The molecule has 3 aliphatic rings. The van der Waals surface area contributed by atoms with Crippen molar-refractivity contribution in [2.75, 3.05) is 0 Å². The van der Waals surface area contributed by atoms with Gasteiger partial charge in [-0.25, -0.2) is 0 Å². The van der Waals surface area contributed by atoms with Gasteiger partial charge in [0.1, 0.15) is 0 Å². The van der Waals surface area contributed by atoms with Crippen LogP contribution in [0.3, 0.4) is 0 Å². The van der Waals surface area contributed by atoms with Gasteiger partial charge < -0.3 is 10.4 Å². The molecule has 2 aliphatic heterocycles. The molecule has 1 aliphatic carbocycles. The Hall–Kier alpha value is -0.770. The summed E-state index contributed by atoms with van der Waals surface area (Å²) in [5.41, 5.74) is 0. The van der Waals surface area contributed by atoms with Gasteiger partial charge in [-0.3, -0.25) is 9.59 Å². The van der Waals surface area contributed by atoms with Crippen LogP contribution in [0.25, 0.3) is 0 Å². The summed E-state index contributed by atoms with van der Waals surface area (Å²) in [5.74, 6) is -1.12. The van der Waals surface area contributed by atoms with Gasteiger partial charge in [-0.05, 0) is 19.3 Å². The normalized spacial score (nSPS) is 36.3. The lowest BCUT2D eigenvalue weighted by atomic mass is 9.74. The molecule has 0 aromatic heterocycles. The van der Waals surface area contributed by atoms with E-state index in [0.29, 0.717) is 6.42 Å². The molecule has 0 aromatic carbocycles. The zero-order valence-electron chi connectivity index (χ0n) is 7.03. The fraction of sp³-hybridized carbons (Fsp3) is 0.750. The molecule has 1 saturated carbocycles. The topological polar surface area (TPSA) is 66.4 Å². The van der Waals surface area contributed by atoms with E-state index in [0.717, 1.165) is 12.8 Å². The van der Waals surface area contributed by atoms with Crippen LogP contribution >= 0.6 is 12.4 Å². The van der Waals surface area contributed by atoms with Crippen LogP contribution in [-0.2, 0) is 9.59 Å². The maximum atomic E-state index is 11.1. The molecule has 74 valence electrons. The molecule has 0 radical (unpaired) electrons.